The van der Waals surface area contributed by atoms with Gasteiger partial charge >= 0.3 is 5.97 Å². The predicted octanol–water partition coefficient (Wildman–Crippen LogP) is 1.54. The molecule has 0 saturated heterocycles. The van der Waals surface area contributed by atoms with E-state index in [1.54, 1.807) is 23.1 Å². The van der Waals surface area contributed by atoms with E-state index in [2.05, 4.69) is 5.10 Å². The zero-order valence-electron chi connectivity index (χ0n) is 9.18. The first-order valence-corrected chi connectivity index (χ1v) is 5.06. The number of nitrogens with zero attached hydrogens (tertiary/aromatic N) is 3. The number of carboxylic acid groups (broad SMARTS) is 1. The lowest BCUT2D eigenvalue weighted by atomic mass is 10.1. The first-order valence-electron chi connectivity index (χ1n) is 5.06. The first-order chi connectivity index (χ1) is 8.58. The van der Waals surface area contributed by atoms with Crippen molar-refractivity contribution in [3.05, 3.63) is 57.9 Å². The second-order valence-corrected chi connectivity index (χ2v) is 3.62. The molecule has 0 saturated carbocycles. The van der Waals surface area contributed by atoms with Crippen LogP contribution in [-0.4, -0.2) is 25.8 Å². The number of nitro benzene ring substituents is 1. The molecule has 0 unspecified atom stereocenters. The van der Waals surface area contributed by atoms with Gasteiger partial charge in [0.15, 0.2) is 0 Å². The molecule has 1 N–H and O–H groups in total. The minimum atomic E-state index is -1.31. The highest BCUT2D eigenvalue weighted by Crippen LogP contribution is 2.20. The summed E-state index contributed by atoms with van der Waals surface area (Å²) in [6, 6.07) is 5.77. The molecule has 0 atom stereocenters. The standard InChI is InChI=1S/C11H9N3O4/c15-11(16)9-3-2-8(6-10(9)14(17)18)7-13-5-1-4-12-13/h1-6H,7H2,(H,15,16). The molecule has 2 rings (SSSR count). The number of aromatic nitrogens is 2. The molecular weight excluding hydrogens is 238 g/mol. The topological polar surface area (TPSA) is 98.3 Å². The minimum absolute atomic E-state index is 0.316. The summed E-state index contributed by atoms with van der Waals surface area (Å²) in [5.41, 5.74) is -0.105. The highest BCUT2D eigenvalue weighted by molar-refractivity contribution is 5.92. The first kappa shape index (κ1) is 11.8. The monoisotopic (exact) mass is 247 g/mol. The Morgan fingerprint density at radius 1 is 1.50 bits per heavy atom. The fourth-order valence-electron chi connectivity index (χ4n) is 1.59. The van der Waals surface area contributed by atoms with Gasteiger partial charge in [-0.25, -0.2) is 4.79 Å². The number of hydrogen-bond donors (Lipinski definition) is 1. The summed E-state index contributed by atoms with van der Waals surface area (Å²) < 4.78 is 1.60. The van der Waals surface area contributed by atoms with E-state index in [-0.39, 0.29) is 5.56 Å². The van der Waals surface area contributed by atoms with Crippen molar-refractivity contribution in [1.82, 2.24) is 9.78 Å². The van der Waals surface area contributed by atoms with E-state index in [1.807, 2.05) is 0 Å². The molecule has 92 valence electrons. The maximum Gasteiger partial charge on any atom is 0.342 e. The Balaban J connectivity index is 2.37. The minimum Gasteiger partial charge on any atom is -0.477 e. The van der Waals surface area contributed by atoms with Crippen molar-refractivity contribution in [2.45, 2.75) is 6.54 Å². The molecule has 1 heterocycles. The van der Waals surface area contributed by atoms with Crippen molar-refractivity contribution in [2.75, 3.05) is 0 Å². The normalized spacial score (nSPS) is 10.2. The Hall–Kier alpha value is -2.70. The summed E-state index contributed by atoms with van der Waals surface area (Å²) in [5, 5.41) is 23.6. The number of carbonyl (C=O) groups is 1. The number of rotatable bonds is 4. The van der Waals surface area contributed by atoms with Crippen LogP contribution in [0.15, 0.2) is 36.7 Å². The van der Waals surface area contributed by atoms with Gasteiger partial charge in [-0.05, 0) is 17.7 Å². The molecule has 0 spiro atoms. The van der Waals surface area contributed by atoms with Gasteiger partial charge in [0.1, 0.15) is 5.56 Å². The Morgan fingerprint density at radius 2 is 2.28 bits per heavy atom. The molecule has 0 bridgehead atoms. The van der Waals surface area contributed by atoms with Gasteiger partial charge in [-0.1, -0.05) is 6.07 Å². The molecular formula is C11H9N3O4. The lowest BCUT2D eigenvalue weighted by Gasteiger charge is -2.03. The number of nitro groups is 1. The Labute approximate surface area is 101 Å². The third-order valence-corrected chi connectivity index (χ3v) is 2.39. The van der Waals surface area contributed by atoms with Gasteiger partial charge in [-0.15, -0.1) is 0 Å². The lowest BCUT2D eigenvalue weighted by Crippen LogP contribution is -2.05. The van der Waals surface area contributed by atoms with Crippen LogP contribution in [0.2, 0.25) is 0 Å². The van der Waals surface area contributed by atoms with Crippen molar-refractivity contribution in [2.24, 2.45) is 0 Å². The highest BCUT2D eigenvalue weighted by Gasteiger charge is 2.19. The van der Waals surface area contributed by atoms with Gasteiger partial charge in [0.05, 0.1) is 11.5 Å². The number of carboxylic acids is 1. The molecule has 7 heteroatoms. The third-order valence-electron chi connectivity index (χ3n) is 2.39. The van der Waals surface area contributed by atoms with E-state index in [0.29, 0.717) is 12.1 Å². The smallest absolute Gasteiger partial charge is 0.342 e. The summed E-state index contributed by atoms with van der Waals surface area (Å²) in [7, 11) is 0. The van der Waals surface area contributed by atoms with Crippen LogP contribution in [0, 0.1) is 10.1 Å². The molecule has 0 fully saturated rings. The van der Waals surface area contributed by atoms with E-state index in [1.165, 1.54) is 18.2 Å². The molecule has 0 aliphatic carbocycles. The van der Waals surface area contributed by atoms with Crippen LogP contribution in [0.1, 0.15) is 15.9 Å². The fraction of sp³-hybridized carbons (Fsp3) is 0.0909. The average molecular weight is 247 g/mol. The Bertz CT molecular complexity index is 592. The lowest BCUT2D eigenvalue weighted by molar-refractivity contribution is -0.385. The van der Waals surface area contributed by atoms with Gasteiger partial charge in [0.2, 0.25) is 0 Å². The maximum atomic E-state index is 10.8. The molecule has 0 amide bonds. The highest BCUT2D eigenvalue weighted by atomic mass is 16.6. The van der Waals surface area contributed by atoms with Crippen molar-refractivity contribution in [1.29, 1.82) is 0 Å². The molecule has 2 aromatic rings. The Kier molecular flexibility index (Phi) is 3.05. The number of benzene rings is 1. The molecule has 0 aliphatic heterocycles. The summed E-state index contributed by atoms with van der Waals surface area (Å²) in [4.78, 5) is 20.9. The van der Waals surface area contributed by atoms with Crippen LogP contribution < -0.4 is 0 Å². The summed E-state index contributed by atoms with van der Waals surface area (Å²) in [6.07, 6.45) is 3.32. The second-order valence-electron chi connectivity index (χ2n) is 3.62. The van der Waals surface area contributed by atoms with Gasteiger partial charge in [-0.3, -0.25) is 14.8 Å². The number of aromatic carboxylic acids is 1. The van der Waals surface area contributed by atoms with E-state index in [0.717, 1.165) is 0 Å². The zero-order chi connectivity index (χ0) is 13.1. The zero-order valence-corrected chi connectivity index (χ0v) is 9.18. The van der Waals surface area contributed by atoms with E-state index < -0.39 is 16.6 Å². The predicted molar refractivity (Wildman–Crippen MR) is 61.4 cm³/mol. The molecule has 0 aliphatic rings. The van der Waals surface area contributed by atoms with Gasteiger partial charge in [-0.2, -0.15) is 5.10 Å². The molecule has 1 aromatic heterocycles. The Morgan fingerprint density at radius 3 is 2.83 bits per heavy atom. The quantitative estimate of drug-likeness (QED) is 0.652. The summed E-state index contributed by atoms with van der Waals surface area (Å²) >= 11 is 0. The maximum absolute atomic E-state index is 10.8. The van der Waals surface area contributed by atoms with Crippen LogP contribution in [0.5, 0.6) is 0 Å². The van der Waals surface area contributed by atoms with Crippen molar-refractivity contribution < 1.29 is 14.8 Å². The van der Waals surface area contributed by atoms with Crippen molar-refractivity contribution in [3.8, 4) is 0 Å². The van der Waals surface area contributed by atoms with Crippen LogP contribution in [-0.2, 0) is 6.54 Å². The van der Waals surface area contributed by atoms with Crippen LogP contribution in [0.3, 0.4) is 0 Å². The largest absolute Gasteiger partial charge is 0.477 e. The van der Waals surface area contributed by atoms with E-state index in [4.69, 9.17) is 5.11 Å². The molecule has 7 nitrogen and oxygen atoms in total. The van der Waals surface area contributed by atoms with Gasteiger partial charge < -0.3 is 5.11 Å². The van der Waals surface area contributed by atoms with Crippen LogP contribution in [0.4, 0.5) is 5.69 Å². The average Bonchev–Trinajstić information content (AvgIpc) is 2.81. The van der Waals surface area contributed by atoms with Crippen LogP contribution >= 0.6 is 0 Å². The summed E-state index contributed by atoms with van der Waals surface area (Å²) in [6.45, 7) is 0.355. The fourth-order valence-corrected chi connectivity index (χ4v) is 1.59. The van der Waals surface area contributed by atoms with Crippen LogP contribution in [0.25, 0.3) is 0 Å². The third kappa shape index (κ3) is 2.34. The summed E-state index contributed by atoms with van der Waals surface area (Å²) in [5.74, 6) is -1.31. The second kappa shape index (κ2) is 4.66. The van der Waals surface area contributed by atoms with E-state index >= 15 is 0 Å². The molecule has 18 heavy (non-hydrogen) atoms. The SMILES string of the molecule is O=C(O)c1ccc(Cn2cccn2)cc1[N+](=O)[O-]. The molecule has 1 aromatic carbocycles. The number of hydrogen-bond acceptors (Lipinski definition) is 4. The van der Waals surface area contributed by atoms with Gasteiger partial charge in [0.25, 0.3) is 5.69 Å². The van der Waals surface area contributed by atoms with E-state index in [9.17, 15) is 14.9 Å². The van der Waals surface area contributed by atoms with Crippen molar-refractivity contribution >= 4 is 11.7 Å². The van der Waals surface area contributed by atoms with Gasteiger partial charge in [0, 0.05) is 18.5 Å². The van der Waals surface area contributed by atoms with Crippen molar-refractivity contribution in [3.63, 3.8) is 0 Å². The molecule has 0 radical (unpaired) electrons.